The fourth-order valence-corrected chi connectivity index (χ4v) is 1.77. The fraction of sp³-hybridized carbons (Fsp3) is 0.300. The summed E-state index contributed by atoms with van der Waals surface area (Å²) in [5, 5.41) is 12.8. The molecule has 0 saturated heterocycles. The molecule has 0 aromatic carbocycles. The van der Waals surface area contributed by atoms with Gasteiger partial charge in [-0.1, -0.05) is 6.92 Å². The fourth-order valence-electron chi connectivity index (χ4n) is 1.77. The minimum absolute atomic E-state index is 0.0727. The number of nitriles is 1. The number of aromatic nitrogens is 3. The van der Waals surface area contributed by atoms with Gasteiger partial charge in [0, 0.05) is 11.3 Å². The van der Waals surface area contributed by atoms with Crippen LogP contribution < -0.4 is 11.3 Å². The van der Waals surface area contributed by atoms with Crippen LogP contribution in [0, 0.1) is 18.3 Å². The Bertz CT molecular complexity index is 658. The van der Waals surface area contributed by atoms with Crippen molar-refractivity contribution in [1.29, 1.82) is 5.26 Å². The third kappa shape index (κ3) is 1.18. The first-order valence-electron chi connectivity index (χ1n) is 4.90. The van der Waals surface area contributed by atoms with Crippen LogP contribution in [0.1, 0.15) is 23.7 Å². The second-order valence-corrected chi connectivity index (χ2v) is 3.52. The topological polar surface area (TPSA) is 100.0 Å². The smallest absolute Gasteiger partial charge is 0.277 e. The molecular weight excluding hydrogens is 206 g/mol. The molecule has 0 unspecified atom stereocenters. The van der Waals surface area contributed by atoms with E-state index in [4.69, 9.17) is 11.0 Å². The monoisotopic (exact) mass is 217 g/mol. The van der Waals surface area contributed by atoms with Crippen LogP contribution in [0.5, 0.6) is 0 Å². The van der Waals surface area contributed by atoms with Crippen LogP contribution in [-0.2, 0) is 6.42 Å². The molecule has 0 atom stereocenters. The number of anilines is 1. The first-order valence-corrected chi connectivity index (χ1v) is 4.90. The van der Waals surface area contributed by atoms with Gasteiger partial charge < -0.3 is 10.7 Å². The SMILES string of the molecule is CCc1c(C)[nH]c2c(C#N)c(N)nn2c1=O. The summed E-state index contributed by atoms with van der Waals surface area (Å²) in [4.78, 5) is 15.0. The number of H-pyrrole nitrogens is 1. The summed E-state index contributed by atoms with van der Waals surface area (Å²) in [5.41, 5.74) is 7.31. The van der Waals surface area contributed by atoms with E-state index < -0.39 is 0 Å². The molecular formula is C10H11N5O. The van der Waals surface area contributed by atoms with Gasteiger partial charge in [0.1, 0.15) is 11.6 Å². The summed E-state index contributed by atoms with van der Waals surface area (Å²) in [5.74, 6) is 0.0727. The van der Waals surface area contributed by atoms with Crippen molar-refractivity contribution in [2.45, 2.75) is 20.3 Å². The number of nitrogens with two attached hydrogens (primary N) is 1. The van der Waals surface area contributed by atoms with Gasteiger partial charge in [-0.2, -0.15) is 9.78 Å². The predicted molar refractivity (Wildman–Crippen MR) is 59.1 cm³/mol. The van der Waals surface area contributed by atoms with E-state index in [1.54, 1.807) is 6.92 Å². The van der Waals surface area contributed by atoms with Crippen LogP contribution >= 0.6 is 0 Å². The molecule has 82 valence electrons. The lowest BCUT2D eigenvalue weighted by atomic mass is 10.2. The standard InChI is InChI=1S/C10H11N5O/c1-3-6-5(2)13-9-7(4-11)8(12)14-15(9)10(6)16/h13H,3H2,1-2H3,(H2,12,14). The number of rotatable bonds is 1. The molecule has 0 spiro atoms. The second-order valence-electron chi connectivity index (χ2n) is 3.52. The second kappa shape index (κ2) is 3.38. The Morgan fingerprint density at radius 1 is 1.62 bits per heavy atom. The largest absolute Gasteiger partial charge is 0.381 e. The molecule has 0 bridgehead atoms. The predicted octanol–water partition coefficient (Wildman–Crippen LogP) is 0.347. The molecule has 6 heteroatoms. The Kier molecular flexibility index (Phi) is 2.16. The highest BCUT2D eigenvalue weighted by atomic mass is 16.1. The van der Waals surface area contributed by atoms with Gasteiger partial charge in [-0.25, -0.2) is 0 Å². The van der Waals surface area contributed by atoms with Crippen molar-refractivity contribution in [1.82, 2.24) is 14.6 Å². The van der Waals surface area contributed by atoms with Crippen LogP contribution in [0.4, 0.5) is 5.82 Å². The molecule has 0 aliphatic rings. The molecule has 0 aliphatic carbocycles. The van der Waals surface area contributed by atoms with E-state index >= 15 is 0 Å². The van der Waals surface area contributed by atoms with E-state index in [1.165, 1.54) is 0 Å². The number of fused-ring (bicyclic) bond motifs is 1. The summed E-state index contributed by atoms with van der Waals surface area (Å²) in [6.07, 6.45) is 0.610. The Morgan fingerprint density at radius 2 is 2.31 bits per heavy atom. The third-order valence-electron chi connectivity index (χ3n) is 2.59. The van der Waals surface area contributed by atoms with Gasteiger partial charge in [-0.15, -0.1) is 5.10 Å². The van der Waals surface area contributed by atoms with Gasteiger partial charge in [-0.05, 0) is 13.3 Å². The molecule has 0 aliphatic heterocycles. The molecule has 3 N–H and O–H groups in total. The maximum atomic E-state index is 12.0. The van der Waals surface area contributed by atoms with E-state index in [2.05, 4.69) is 10.1 Å². The Labute approximate surface area is 91.3 Å². The number of hydrogen-bond acceptors (Lipinski definition) is 4. The van der Waals surface area contributed by atoms with E-state index in [0.717, 1.165) is 10.2 Å². The Hall–Kier alpha value is -2.29. The van der Waals surface area contributed by atoms with Gasteiger partial charge in [0.05, 0.1) is 0 Å². The first-order chi connectivity index (χ1) is 7.60. The summed E-state index contributed by atoms with van der Waals surface area (Å²) in [6, 6.07) is 1.93. The minimum atomic E-state index is -0.220. The highest BCUT2D eigenvalue weighted by Gasteiger charge is 2.15. The minimum Gasteiger partial charge on any atom is -0.381 e. The average molecular weight is 217 g/mol. The first kappa shape index (κ1) is 10.2. The Morgan fingerprint density at radius 3 is 2.88 bits per heavy atom. The van der Waals surface area contributed by atoms with Gasteiger partial charge >= 0.3 is 0 Å². The van der Waals surface area contributed by atoms with E-state index in [0.29, 0.717) is 17.6 Å². The van der Waals surface area contributed by atoms with Gasteiger partial charge in [0.15, 0.2) is 11.5 Å². The van der Waals surface area contributed by atoms with Crippen molar-refractivity contribution in [3.05, 3.63) is 27.2 Å². The van der Waals surface area contributed by atoms with Crippen molar-refractivity contribution in [3.63, 3.8) is 0 Å². The van der Waals surface area contributed by atoms with Gasteiger partial charge in [0.2, 0.25) is 0 Å². The molecule has 2 aromatic heterocycles. The van der Waals surface area contributed by atoms with Crippen molar-refractivity contribution >= 4 is 11.5 Å². The zero-order valence-electron chi connectivity index (χ0n) is 9.03. The van der Waals surface area contributed by atoms with Crippen LogP contribution in [0.15, 0.2) is 4.79 Å². The number of hydrogen-bond donors (Lipinski definition) is 2. The number of nitrogen functional groups attached to an aromatic ring is 1. The van der Waals surface area contributed by atoms with Gasteiger partial charge in [-0.3, -0.25) is 4.79 Å². The zero-order valence-corrected chi connectivity index (χ0v) is 9.03. The maximum absolute atomic E-state index is 12.0. The third-order valence-corrected chi connectivity index (χ3v) is 2.59. The molecule has 0 radical (unpaired) electrons. The average Bonchev–Trinajstić information content (AvgIpc) is 2.55. The highest BCUT2D eigenvalue weighted by Crippen LogP contribution is 2.14. The maximum Gasteiger partial charge on any atom is 0.277 e. The molecule has 16 heavy (non-hydrogen) atoms. The quantitative estimate of drug-likeness (QED) is 0.719. The van der Waals surface area contributed by atoms with Crippen molar-refractivity contribution in [2.75, 3.05) is 5.73 Å². The van der Waals surface area contributed by atoms with Crippen LogP contribution in [0.2, 0.25) is 0 Å². The van der Waals surface area contributed by atoms with E-state index in [9.17, 15) is 4.79 Å². The van der Waals surface area contributed by atoms with Crippen LogP contribution in [0.3, 0.4) is 0 Å². The molecule has 0 amide bonds. The lowest BCUT2D eigenvalue weighted by Crippen LogP contribution is -2.21. The van der Waals surface area contributed by atoms with Crippen molar-refractivity contribution in [2.24, 2.45) is 0 Å². The zero-order chi connectivity index (χ0) is 11.9. The summed E-state index contributed by atoms with van der Waals surface area (Å²) < 4.78 is 1.15. The van der Waals surface area contributed by atoms with E-state index in [-0.39, 0.29) is 16.9 Å². The normalized spacial score (nSPS) is 10.6. The summed E-state index contributed by atoms with van der Waals surface area (Å²) >= 11 is 0. The molecule has 2 heterocycles. The van der Waals surface area contributed by atoms with Gasteiger partial charge in [0.25, 0.3) is 5.56 Å². The van der Waals surface area contributed by atoms with Crippen LogP contribution in [-0.4, -0.2) is 14.6 Å². The molecule has 0 fully saturated rings. The molecule has 2 aromatic rings. The summed E-state index contributed by atoms with van der Waals surface area (Å²) in [6.45, 7) is 3.69. The molecule has 2 rings (SSSR count). The summed E-state index contributed by atoms with van der Waals surface area (Å²) in [7, 11) is 0. The number of nitrogens with one attached hydrogen (secondary N) is 1. The number of nitrogens with zero attached hydrogens (tertiary/aromatic N) is 3. The lowest BCUT2D eigenvalue weighted by Gasteiger charge is -2.02. The number of aromatic amines is 1. The number of aryl methyl sites for hydroxylation is 1. The van der Waals surface area contributed by atoms with Crippen molar-refractivity contribution in [3.8, 4) is 6.07 Å². The Balaban J connectivity index is 3.00. The van der Waals surface area contributed by atoms with Crippen molar-refractivity contribution < 1.29 is 0 Å². The van der Waals surface area contributed by atoms with E-state index in [1.807, 2.05) is 13.0 Å². The van der Waals surface area contributed by atoms with Crippen LogP contribution in [0.25, 0.3) is 5.65 Å². The lowest BCUT2D eigenvalue weighted by molar-refractivity contribution is 0.856. The highest BCUT2D eigenvalue weighted by molar-refractivity contribution is 5.66. The molecule has 0 saturated carbocycles. The molecule has 6 nitrogen and oxygen atoms in total.